The van der Waals surface area contributed by atoms with Crippen molar-refractivity contribution in [2.75, 3.05) is 29.9 Å². The van der Waals surface area contributed by atoms with E-state index in [2.05, 4.69) is 46.4 Å². The number of carbonyl (C=O) groups excluding carboxylic acids is 1. The molecule has 7 nitrogen and oxygen atoms in total. The summed E-state index contributed by atoms with van der Waals surface area (Å²) in [5, 5.41) is 7.53. The molecular formula is C19H20BrClN6O. The summed E-state index contributed by atoms with van der Waals surface area (Å²) in [5.74, 6) is 0.488. The van der Waals surface area contributed by atoms with Gasteiger partial charge in [-0.2, -0.15) is 0 Å². The Labute approximate surface area is 176 Å². The first-order valence-electron chi connectivity index (χ1n) is 9.06. The topological polar surface area (TPSA) is 85.9 Å². The van der Waals surface area contributed by atoms with Gasteiger partial charge in [0.15, 0.2) is 0 Å². The minimum atomic E-state index is -0.185. The lowest BCUT2D eigenvalue weighted by molar-refractivity contribution is 0.102. The summed E-state index contributed by atoms with van der Waals surface area (Å²) in [4.78, 5) is 26.7. The maximum absolute atomic E-state index is 12.6. The molecule has 2 unspecified atom stereocenters. The molecule has 2 atom stereocenters. The second-order valence-electron chi connectivity index (χ2n) is 7.09. The van der Waals surface area contributed by atoms with Gasteiger partial charge in [-0.3, -0.25) is 9.78 Å². The lowest BCUT2D eigenvalue weighted by Crippen LogP contribution is -2.30. The first kappa shape index (κ1) is 19.2. The average molecular weight is 464 g/mol. The highest BCUT2D eigenvalue weighted by Gasteiger charge is 2.37. The third-order valence-electron chi connectivity index (χ3n) is 5.48. The molecule has 5 rings (SSSR count). The van der Waals surface area contributed by atoms with Gasteiger partial charge >= 0.3 is 0 Å². The normalized spacial score (nSPS) is 20.8. The highest BCUT2D eigenvalue weighted by Crippen LogP contribution is 2.41. The Morgan fingerprint density at radius 1 is 1.32 bits per heavy atom. The van der Waals surface area contributed by atoms with Crippen LogP contribution in [0.15, 0.2) is 41.4 Å². The van der Waals surface area contributed by atoms with Gasteiger partial charge in [0.2, 0.25) is 0 Å². The number of nitrogens with one attached hydrogen (secondary N) is 3. The van der Waals surface area contributed by atoms with Crippen molar-refractivity contribution in [1.29, 1.82) is 0 Å². The van der Waals surface area contributed by atoms with E-state index in [4.69, 9.17) is 0 Å². The van der Waals surface area contributed by atoms with Crippen LogP contribution in [0.25, 0.3) is 11.0 Å². The van der Waals surface area contributed by atoms with E-state index in [1.54, 1.807) is 30.7 Å². The Bertz CT molecular complexity index is 998. The van der Waals surface area contributed by atoms with Gasteiger partial charge in [-0.25, -0.2) is 4.98 Å². The van der Waals surface area contributed by atoms with Gasteiger partial charge in [-0.15, -0.1) is 12.4 Å². The van der Waals surface area contributed by atoms with Crippen molar-refractivity contribution in [3.8, 4) is 0 Å². The summed E-state index contributed by atoms with van der Waals surface area (Å²) in [5.41, 5.74) is 3.10. The van der Waals surface area contributed by atoms with Gasteiger partial charge < -0.3 is 20.5 Å². The quantitative estimate of drug-likeness (QED) is 0.555. The van der Waals surface area contributed by atoms with E-state index in [0.717, 1.165) is 46.5 Å². The van der Waals surface area contributed by atoms with Crippen molar-refractivity contribution in [3.63, 3.8) is 0 Å². The molecule has 0 aliphatic carbocycles. The van der Waals surface area contributed by atoms with Crippen LogP contribution in [-0.2, 0) is 0 Å². The minimum absolute atomic E-state index is 0. The number of pyridine rings is 2. The van der Waals surface area contributed by atoms with Gasteiger partial charge in [-0.05, 0) is 46.9 Å². The predicted molar refractivity (Wildman–Crippen MR) is 115 cm³/mol. The van der Waals surface area contributed by atoms with Crippen LogP contribution >= 0.6 is 28.3 Å². The number of halogens is 2. The number of carbonyl (C=O) groups is 1. The second-order valence-corrected chi connectivity index (χ2v) is 7.95. The Morgan fingerprint density at radius 2 is 2.21 bits per heavy atom. The van der Waals surface area contributed by atoms with Crippen molar-refractivity contribution in [3.05, 3.63) is 47.0 Å². The van der Waals surface area contributed by atoms with E-state index >= 15 is 0 Å². The summed E-state index contributed by atoms with van der Waals surface area (Å²) in [6.45, 7) is 3.08. The molecule has 5 heterocycles. The van der Waals surface area contributed by atoms with Crippen LogP contribution < -0.4 is 15.5 Å². The molecule has 3 aromatic heterocycles. The summed E-state index contributed by atoms with van der Waals surface area (Å²) in [6, 6.07) is 4.04. The zero-order chi connectivity index (χ0) is 18.4. The van der Waals surface area contributed by atoms with Crippen LogP contribution in [0.1, 0.15) is 16.8 Å². The molecule has 146 valence electrons. The van der Waals surface area contributed by atoms with Crippen LogP contribution in [0.2, 0.25) is 0 Å². The molecule has 0 spiro atoms. The number of nitrogens with zero attached hydrogens (tertiary/aromatic N) is 3. The Hall–Kier alpha value is -2.16. The predicted octanol–water partition coefficient (Wildman–Crippen LogP) is 3.19. The molecule has 3 aromatic rings. The van der Waals surface area contributed by atoms with E-state index < -0.39 is 0 Å². The standard InChI is InChI=1S/C19H19BrN6O.ClH/c20-13-7-23-18-16(17(13)26-9-12-3-5-22-15(12)10-26)14(8-24-18)25-19(27)11-2-1-4-21-6-11;/h1-2,4,6-8,12,15,22H,3,5,9-10H2,(H,23,24)(H,25,27);1H. The van der Waals surface area contributed by atoms with Crippen LogP contribution in [0.3, 0.4) is 0 Å². The molecule has 2 fully saturated rings. The van der Waals surface area contributed by atoms with Crippen molar-refractivity contribution < 1.29 is 4.79 Å². The SMILES string of the molecule is Cl.O=C(Nc1c[nH]c2ncc(Br)c(N3CC4CCNC4C3)c12)c1cccnc1. The number of hydrogen-bond acceptors (Lipinski definition) is 5. The maximum Gasteiger partial charge on any atom is 0.257 e. The molecule has 0 bridgehead atoms. The zero-order valence-corrected chi connectivity index (χ0v) is 17.4. The molecule has 1 amide bonds. The molecule has 0 saturated carbocycles. The Morgan fingerprint density at radius 3 is 3.00 bits per heavy atom. The molecule has 2 aliphatic heterocycles. The maximum atomic E-state index is 12.6. The lowest BCUT2D eigenvalue weighted by atomic mass is 10.1. The molecule has 2 saturated heterocycles. The molecule has 9 heteroatoms. The molecular weight excluding hydrogens is 444 g/mol. The van der Waals surface area contributed by atoms with Crippen molar-refractivity contribution in [1.82, 2.24) is 20.3 Å². The highest BCUT2D eigenvalue weighted by molar-refractivity contribution is 9.10. The third kappa shape index (κ3) is 3.25. The number of fused-ring (bicyclic) bond motifs is 2. The van der Waals surface area contributed by atoms with E-state index in [1.165, 1.54) is 6.42 Å². The molecule has 0 aromatic carbocycles. The molecule has 3 N–H and O–H groups in total. The van der Waals surface area contributed by atoms with E-state index in [-0.39, 0.29) is 18.3 Å². The van der Waals surface area contributed by atoms with E-state index in [1.807, 2.05) is 6.20 Å². The fraction of sp³-hybridized carbons (Fsp3) is 0.316. The lowest BCUT2D eigenvalue weighted by Gasteiger charge is -2.22. The highest BCUT2D eigenvalue weighted by atomic mass is 79.9. The molecule has 2 aliphatic rings. The summed E-state index contributed by atoms with van der Waals surface area (Å²) < 4.78 is 0.937. The van der Waals surface area contributed by atoms with Crippen molar-refractivity contribution in [2.24, 2.45) is 5.92 Å². The number of rotatable bonds is 3. The Balaban J connectivity index is 0.00000192. The van der Waals surface area contributed by atoms with Gasteiger partial charge in [0, 0.05) is 43.9 Å². The summed E-state index contributed by atoms with van der Waals surface area (Å²) >= 11 is 3.68. The average Bonchev–Trinajstić information content (AvgIpc) is 3.38. The summed E-state index contributed by atoms with van der Waals surface area (Å²) in [6.07, 6.45) is 8.05. The Kier molecular flexibility index (Phi) is 5.27. The second kappa shape index (κ2) is 7.69. The van der Waals surface area contributed by atoms with Crippen LogP contribution in [0.5, 0.6) is 0 Å². The van der Waals surface area contributed by atoms with Crippen molar-refractivity contribution >= 4 is 56.7 Å². The van der Waals surface area contributed by atoms with Crippen LogP contribution in [0, 0.1) is 5.92 Å². The van der Waals surface area contributed by atoms with Gasteiger partial charge in [0.1, 0.15) is 5.65 Å². The van der Waals surface area contributed by atoms with E-state index in [0.29, 0.717) is 17.5 Å². The fourth-order valence-electron chi connectivity index (χ4n) is 4.19. The smallest absolute Gasteiger partial charge is 0.257 e. The fourth-order valence-corrected chi connectivity index (χ4v) is 4.74. The zero-order valence-electron chi connectivity index (χ0n) is 15.0. The van der Waals surface area contributed by atoms with Crippen molar-refractivity contribution in [2.45, 2.75) is 12.5 Å². The van der Waals surface area contributed by atoms with Gasteiger partial charge in [0.05, 0.1) is 26.8 Å². The van der Waals surface area contributed by atoms with Crippen LogP contribution in [-0.4, -0.2) is 46.5 Å². The number of aromatic amines is 1. The van der Waals surface area contributed by atoms with Gasteiger partial charge in [-0.1, -0.05) is 0 Å². The largest absolute Gasteiger partial charge is 0.368 e. The van der Waals surface area contributed by atoms with E-state index in [9.17, 15) is 4.79 Å². The number of anilines is 2. The first-order valence-corrected chi connectivity index (χ1v) is 9.85. The number of aromatic nitrogens is 3. The number of H-pyrrole nitrogens is 1. The third-order valence-corrected chi connectivity index (χ3v) is 6.06. The van der Waals surface area contributed by atoms with Crippen LogP contribution in [0.4, 0.5) is 11.4 Å². The number of hydrogen-bond donors (Lipinski definition) is 3. The number of amides is 1. The molecule has 0 radical (unpaired) electrons. The molecule has 28 heavy (non-hydrogen) atoms. The van der Waals surface area contributed by atoms with Gasteiger partial charge in [0.25, 0.3) is 5.91 Å². The first-order chi connectivity index (χ1) is 13.2. The monoisotopic (exact) mass is 462 g/mol. The summed E-state index contributed by atoms with van der Waals surface area (Å²) in [7, 11) is 0. The minimum Gasteiger partial charge on any atom is -0.368 e.